The van der Waals surface area contributed by atoms with E-state index in [1.54, 1.807) is 4.90 Å². The lowest BCUT2D eigenvalue weighted by molar-refractivity contribution is -0.129. The molecule has 0 bridgehead atoms. The van der Waals surface area contributed by atoms with Crippen molar-refractivity contribution in [3.63, 3.8) is 0 Å². The van der Waals surface area contributed by atoms with Gasteiger partial charge in [-0.25, -0.2) is 4.79 Å². The van der Waals surface area contributed by atoms with E-state index in [0.29, 0.717) is 12.3 Å². The average molecular weight is 318 g/mol. The molecule has 1 N–H and O–H groups in total. The van der Waals surface area contributed by atoms with Crippen molar-refractivity contribution in [2.45, 2.75) is 38.8 Å². The Kier molecular flexibility index (Phi) is 4.26. The first-order chi connectivity index (χ1) is 11.0. The molecule has 3 rings (SSSR count). The molecule has 0 spiro atoms. The van der Waals surface area contributed by atoms with Crippen molar-refractivity contribution >= 4 is 11.9 Å². The number of aliphatic hydroxyl groups is 1. The SMILES string of the molecule is Cc1ccc(C)c(OCC(O)CN2C(=O)C3CCCN3C2=O)c1. The van der Waals surface area contributed by atoms with Gasteiger partial charge in [-0.15, -0.1) is 0 Å². The quantitative estimate of drug-likeness (QED) is 0.835. The Morgan fingerprint density at radius 2 is 2.13 bits per heavy atom. The average Bonchev–Trinajstić information content (AvgIpc) is 3.08. The predicted octanol–water partition coefficient (Wildman–Crippen LogP) is 1.47. The molecule has 2 aliphatic rings. The van der Waals surface area contributed by atoms with Gasteiger partial charge in [0.25, 0.3) is 5.91 Å². The van der Waals surface area contributed by atoms with Crippen molar-refractivity contribution in [1.29, 1.82) is 0 Å². The van der Waals surface area contributed by atoms with Crippen molar-refractivity contribution in [2.75, 3.05) is 19.7 Å². The molecule has 2 unspecified atom stereocenters. The van der Waals surface area contributed by atoms with Crippen LogP contribution in [0.2, 0.25) is 0 Å². The number of β-amino-alcohol motifs (C(OH)–C–C–N with tert-alkyl or cyclic N) is 1. The number of benzene rings is 1. The zero-order valence-corrected chi connectivity index (χ0v) is 13.5. The van der Waals surface area contributed by atoms with Crippen LogP contribution in [-0.4, -0.2) is 58.7 Å². The van der Waals surface area contributed by atoms with Crippen molar-refractivity contribution in [3.8, 4) is 5.75 Å². The summed E-state index contributed by atoms with van der Waals surface area (Å²) in [5.41, 5.74) is 2.06. The van der Waals surface area contributed by atoms with Crippen LogP contribution in [0.25, 0.3) is 0 Å². The van der Waals surface area contributed by atoms with Crippen molar-refractivity contribution in [3.05, 3.63) is 29.3 Å². The van der Waals surface area contributed by atoms with Crippen LogP contribution in [0.3, 0.4) is 0 Å². The number of nitrogens with zero attached hydrogens (tertiary/aromatic N) is 2. The molecule has 1 aromatic rings. The van der Waals surface area contributed by atoms with Crippen LogP contribution in [0, 0.1) is 13.8 Å². The number of hydrogen-bond acceptors (Lipinski definition) is 4. The van der Waals surface area contributed by atoms with Crippen LogP contribution in [0.4, 0.5) is 4.79 Å². The molecule has 0 aliphatic carbocycles. The minimum Gasteiger partial charge on any atom is -0.491 e. The van der Waals surface area contributed by atoms with Crippen LogP contribution in [0.5, 0.6) is 5.75 Å². The van der Waals surface area contributed by atoms with E-state index in [-0.39, 0.29) is 31.1 Å². The maximum absolute atomic E-state index is 12.2. The fourth-order valence-corrected chi connectivity index (χ4v) is 3.16. The number of urea groups is 1. The number of imide groups is 1. The number of carbonyl (C=O) groups is 2. The van der Waals surface area contributed by atoms with E-state index in [0.717, 1.165) is 28.9 Å². The van der Waals surface area contributed by atoms with Gasteiger partial charge in [0.05, 0.1) is 6.54 Å². The molecule has 2 atom stereocenters. The van der Waals surface area contributed by atoms with Gasteiger partial charge in [-0.1, -0.05) is 12.1 Å². The molecule has 1 aromatic carbocycles. The summed E-state index contributed by atoms with van der Waals surface area (Å²) in [5, 5.41) is 10.1. The second kappa shape index (κ2) is 6.20. The molecule has 124 valence electrons. The molecule has 2 heterocycles. The van der Waals surface area contributed by atoms with E-state index in [1.165, 1.54) is 0 Å². The van der Waals surface area contributed by atoms with E-state index in [1.807, 2.05) is 32.0 Å². The highest BCUT2D eigenvalue weighted by Crippen LogP contribution is 2.27. The predicted molar refractivity (Wildman–Crippen MR) is 84.3 cm³/mol. The maximum Gasteiger partial charge on any atom is 0.327 e. The van der Waals surface area contributed by atoms with E-state index in [4.69, 9.17) is 4.74 Å². The molecular weight excluding hydrogens is 296 g/mol. The van der Waals surface area contributed by atoms with E-state index in [2.05, 4.69) is 0 Å². The highest BCUT2D eigenvalue weighted by Gasteiger charge is 2.47. The Balaban J connectivity index is 1.57. The Morgan fingerprint density at radius 3 is 2.87 bits per heavy atom. The molecular formula is C17H22N2O4. The van der Waals surface area contributed by atoms with Gasteiger partial charge in [0.15, 0.2) is 0 Å². The molecule has 3 amide bonds. The Labute approximate surface area is 135 Å². The second-order valence-corrected chi connectivity index (χ2v) is 6.32. The Hall–Kier alpha value is -2.08. The molecule has 2 aliphatic heterocycles. The summed E-state index contributed by atoms with van der Waals surface area (Å²) in [7, 11) is 0. The van der Waals surface area contributed by atoms with Gasteiger partial charge in [0, 0.05) is 6.54 Å². The first-order valence-corrected chi connectivity index (χ1v) is 7.97. The number of fused-ring (bicyclic) bond motifs is 1. The summed E-state index contributed by atoms with van der Waals surface area (Å²) in [5.74, 6) is 0.516. The first-order valence-electron chi connectivity index (χ1n) is 7.97. The van der Waals surface area contributed by atoms with Crippen LogP contribution in [0.1, 0.15) is 24.0 Å². The number of rotatable bonds is 5. The van der Waals surface area contributed by atoms with Crippen molar-refractivity contribution in [1.82, 2.24) is 9.80 Å². The standard InChI is InChI=1S/C17H22N2O4/c1-11-5-6-12(2)15(8-11)23-10-13(20)9-19-16(21)14-4-3-7-18(14)17(19)22/h5-6,8,13-14,20H,3-4,7,9-10H2,1-2H3. The number of aryl methyl sites for hydroxylation is 2. The first kappa shape index (κ1) is 15.8. The number of amides is 3. The molecule has 0 radical (unpaired) electrons. The van der Waals surface area contributed by atoms with Gasteiger partial charge in [0.2, 0.25) is 0 Å². The van der Waals surface area contributed by atoms with Crippen LogP contribution in [-0.2, 0) is 4.79 Å². The van der Waals surface area contributed by atoms with Crippen LogP contribution < -0.4 is 4.74 Å². The molecule has 6 nitrogen and oxygen atoms in total. The van der Waals surface area contributed by atoms with Crippen LogP contribution in [0.15, 0.2) is 18.2 Å². The number of ether oxygens (including phenoxy) is 1. The Bertz CT molecular complexity index is 609. The highest BCUT2D eigenvalue weighted by molar-refractivity contribution is 6.04. The van der Waals surface area contributed by atoms with Gasteiger partial charge in [-0.3, -0.25) is 9.69 Å². The second-order valence-electron chi connectivity index (χ2n) is 6.32. The molecule has 0 aromatic heterocycles. The smallest absolute Gasteiger partial charge is 0.327 e. The molecule has 6 heteroatoms. The van der Waals surface area contributed by atoms with Crippen LogP contribution >= 0.6 is 0 Å². The van der Waals surface area contributed by atoms with Gasteiger partial charge in [0.1, 0.15) is 24.5 Å². The summed E-state index contributed by atoms with van der Waals surface area (Å²) < 4.78 is 5.64. The minimum absolute atomic E-state index is 0.0183. The zero-order chi connectivity index (χ0) is 16.6. The van der Waals surface area contributed by atoms with Crippen molar-refractivity contribution < 1.29 is 19.4 Å². The lowest BCUT2D eigenvalue weighted by Crippen LogP contribution is -2.41. The highest BCUT2D eigenvalue weighted by atomic mass is 16.5. The van der Waals surface area contributed by atoms with Gasteiger partial charge in [-0.05, 0) is 43.9 Å². The largest absolute Gasteiger partial charge is 0.491 e. The van der Waals surface area contributed by atoms with Gasteiger partial charge < -0.3 is 14.7 Å². The van der Waals surface area contributed by atoms with Gasteiger partial charge in [-0.2, -0.15) is 0 Å². The fraction of sp³-hybridized carbons (Fsp3) is 0.529. The molecule has 0 saturated carbocycles. The zero-order valence-electron chi connectivity index (χ0n) is 13.5. The number of carbonyl (C=O) groups excluding carboxylic acids is 2. The third-order valence-electron chi connectivity index (χ3n) is 4.45. The summed E-state index contributed by atoms with van der Waals surface area (Å²) in [6.07, 6.45) is 0.688. The Morgan fingerprint density at radius 1 is 1.35 bits per heavy atom. The monoisotopic (exact) mass is 318 g/mol. The summed E-state index contributed by atoms with van der Waals surface area (Å²) in [4.78, 5) is 27.2. The molecule has 2 fully saturated rings. The topological polar surface area (TPSA) is 70.1 Å². The van der Waals surface area contributed by atoms with E-state index >= 15 is 0 Å². The molecule has 23 heavy (non-hydrogen) atoms. The minimum atomic E-state index is -0.900. The number of hydrogen-bond donors (Lipinski definition) is 1. The maximum atomic E-state index is 12.2. The van der Waals surface area contributed by atoms with Gasteiger partial charge >= 0.3 is 6.03 Å². The molecule has 2 saturated heterocycles. The third kappa shape index (κ3) is 3.03. The lowest BCUT2D eigenvalue weighted by atomic mass is 10.1. The number of aliphatic hydroxyl groups excluding tert-OH is 1. The third-order valence-corrected chi connectivity index (χ3v) is 4.45. The normalized spacial score (nSPS) is 21.8. The fourth-order valence-electron chi connectivity index (χ4n) is 3.16. The summed E-state index contributed by atoms with van der Waals surface area (Å²) >= 11 is 0. The lowest BCUT2D eigenvalue weighted by Gasteiger charge is -2.20. The summed E-state index contributed by atoms with van der Waals surface area (Å²) in [6.45, 7) is 4.56. The van der Waals surface area contributed by atoms with E-state index < -0.39 is 6.10 Å². The summed E-state index contributed by atoms with van der Waals surface area (Å²) in [6, 6.07) is 5.24. The van der Waals surface area contributed by atoms with E-state index in [9.17, 15) is 14.7 Å². The van der Waals surface area contributed by atoms with Crippen molar-refractivity contribution in [2.24, 2.45) is 0 Å².